The third-order valence-electron chi connectivity index (χ3n) is 6.32. The van der Waals surface area contributed by atoms with Gasteiger partial charge in [0.15, 0.2) is 23.0 Å². The molecule has 4 heterocycles. The fourth-order valence-corrected chi connectivity index (χ4v) is 4.47. The van der Waals surface area contributed by atoms with Crippen molar-refractivity contribution in [2.24, 2.45) is 7.05 Å². The second kappa shape index (κ2) is 8.11. The van der Waals surface area contributed by atoms with Gasteiger partial charge < -0.3 is 19.6 Å². The van der Waals surface area contributed by atoms with Crippen molar-refractivity contribution in [3.63, 3.8) is 0 Å². The summed E-state index contributed by atoms with van der Waals surface area (Å²) in [6, 6.07) is 4.18. The first-order chi connectivity index (χ1) is 15.9. The van der Waals surface area contributed by atoms with E-state index in [1.165, 1.54) is 11.8 Å². The minimum atomic E-state index is -0.810. The number of pyridine rings is 1. The summed E-state index contributed by atoms with van der Waals surface area (Å²) < 4.78 is 21.8. The molecule has 0 bridgehead atoms. The quantitative estimate of drug-likeness (QED) is 0.506. The third-order valence-corrected chi connectivity index (χ3v) is 6.32. The van der Waals surface area contributed by atoms with Gasteiger partial charge >= 0.3 is 0 Å². The van der Waals surface area contributed by atoms with E-state index in [9.17, 15) is 9.50 Å². The van der Waals surface area contributed by atoms with Crippen molar-refractivity contribution < 1.29 is 14.2 Å². The number of nitrogens with zero attached hydrogens (tertiary/aromatic N) is 7. The Morgan fingerprint density at radius 3 is 2.64 bits per heavy atom. The van der Waals surface area contributed by atoms with Crippen LogP contribution in [-0.2, 0) is 7.05 Å². The number of ether oxygens (including phenoxy) is 1. The molecule has 1 aliphatic rings. The number of methoxy groups -OCH3 is 1. The molecular weight excluding hydrogens is 425 g/mol. The molecule has 33 heavy (non-hydrogen) atoms. The molecular formula is C23H26FN7O2. The average Bonchev–Trinajstić information content (AvgIpc) is 3.20. The Labute approximate surface area is 190 Å². The lowest BCUT2D eigenvalue weighted by atomic mass is 10.0. The van der Waals surface area contributed by atoms with Gasteiger partial charge in [-0.15, -0.1) is 0 Å². The van der Waals surface area contributed by atoms with Crippen molar-refractivity contribution in [1.82, 2.24) is 29.6 Å². The van der Waals surface area contributed by atoms with E-state index in [2.05, 4.69) is 43.9 Å². The van der Waals surface area contributed by atoms with Crippen LogP contribution in [-0.4, -0.2) is 75.1 Å². The number of aryl methyl sites for hydroxylation is 1. The second-order valence-electron chi connectivity index (χ2n) is 8.63. The molecule has 4 aromatic rings. The van der Waals surface area contributed by atoms with Gasteiger partial charge in [-0.25, -0.2) is 14.4 Å². The Hall–Kier alpha value is -3.53. The van der Waals surface area contributed by atoms with Crippen LogP contribution in [0.4, 0.5) is 10.1 Å². The van der Waals surface area contributed by atoms with E-state index < -0.39 is 11.6 Å². The summed E-state index contributed by atoms with van der Waals surface area (Å²) >= 11 is 0. The van der Waals surface area contributed by atoms with Crippen LogP contribution in [0.15, 0.2) is 24.5 Å². The molecule has 1 saturated heterocycles. The standard InChI is InChI=1S/C23H26FN7O2/c1-29(2)14-5-7-31(8-6-14)15-10-17-21(25-11-15)26-22(27-23(17)33-4)16-9-13-12-30(3)28-19(13)18(24)20(16)32/h9-12,14,32H,5-8H2,1-4H3. The number of piperidine rings is 1. The van der Waals surface area contributed by atoms with E-state index in [4.69, 9.17) is 4.74 Å². The van der Waals surface area contributed by atoms with Crippen LogP contribution in [0.25, 0.3) is 33.3 Å². The molecule has 0 spiro atoms. The highest BCUT2D eigenvalue weighted by Crippen LogP contribution is 2.37. The van der Waals surface area contributed by atoms with Crippen molar-refractivity contribution in [3.8, 4) is 23.0 Å². The van der Waals surface area contributed by atoms with Crippen molar-refractivity contribution in [1.29, 1.82) is 0 Å². The van der Waals surface area contributed by atoms with Crippen LogP contribution in [0.1, 0.15) is 12.8 Å². The molecule has 172 valence electrons. The maximum absolute atomic E-state index is 14.8. The fourth-order valence-electron chi connectivity index (χ4n) is 4.47. The number of halogens is 1. The monoisotopic (exact) mass is 451 g/mol. The zero-order chi connectivity index (χ0) is 23.3. The lowest BCUT2D eigenvalue weighted by Crippen LogP contribution is -2.42. The Morgan fingerprint density at radius 1 is 1.18 bits per heavy atom. The van der Waals surface area contributed by atoms with Crippen molar-refractivity contribution >= 4 is 27.6 Å². The Balaban J connectivity index is 1.55. The molecule has 1 aliphatic heterocycles. The summed E-state index contributed by atoms with van der Waals surface area (Å²) in [4.78, 5) is 18.1. The largest absolute Gasteiger partial charge is 0.504 e. The molecule has 0 radical (unpaired) electrons. The first-order valence-corrected chi connectivity index (χ1v) is 10.8. The molecule has 1 N–H and O–H groups in total. The van der Waals surface area contributed by atoms with Crippen LogP contribution in [0.5, 0.6) is 11.6 Å². The first-order valence-electron chi connectivity index (χ1n) is 10.8. The SMILES string of the molecule is COc1nc(-c2cc3cn(C)nc3c(F)c2O)nc2ncc(N3CCC(N(C)C)CC3)cc12. The average molecular weight is 452 g/mol. The molecule has 0 amide bonds. The van der Waals surface area contributed by atoms with E-state index in [0.717, 1.165) is 31.6 Å². The van der Waals surface area contributed by atoms with Crippen LogP contribution in [0, 0.1) is 5.82 Å². The Bertz CT molecular complexity index is 1350. The fraction of sp³-hybridized carbons (Fsp3) is 0.391. The molecule has 1 aromatic carbocycles. The number of aromatic nitrogens is 5. The minimum Gasteiger partial charge on any atom is -0.504 e. The van der Waals surface area contributed by atoms with Crippen LogP contribution in [0.2, 0.25) is 0 Å². The van der Waals surface area contributed by atoms with Gasteiger partial charge in [-0.05, 0) is 39.1 Å². The molecule has 5 rings (SSSR count). The number of hydrogen-bond acceptors (Lipinski definition) is 8. The van der Waals surface area contributed by atoms with E-state index >= 15 is 0 Å². The maximum atomic E-state index is 14.8. The summed E-state index contributed by atoms with van der Waals surface area (Å²) in [6.07, 6.45) is 5.63. The minimum absolute atomic E-state index is 0.0901. The predicted octanol–water partition coefficient (Wildman–Crippen LogP) is 2.96. The smallest absolute Gasteiger partial charge is 0.226 e. The van der Waals surface area contributed by atoms with Crippen LogP contribution in [0.3, 0.4) is 0 Å². The van der Waals surface area contributed by atoms with E-state index in [-0.39, 0.29) is 16.9 Å². The van der Waals surface area contributed by atoms with Crippen LogP contribution >= 0.6 is 0 Å². The molecule has 0 atom stereocenters. The summed E-state index contributed by atoms with van der Waals surface area (Å²) in [5, 5.41) is 15.7. The lowest BCUT2D eigenvalue weighted by Gasteiger charge is -2.36. The summed E-state index contributed by atoms with van der Waals surface area (Å²) in [6.45, 7) is 1.88. The number of phenolic OH excluding ortho intramolecular Hbond substituents is 1. The number of aromatic hydroxyl groups is 1. The van der Waals surface area contributed by atoms with Crippen LogP contribution < -0.4 is 9.64 Å². The molecule has 3 aromatic heterocycles. The molecule has 10 heteroatoms. The first kappa shape index (κ1) is 21.3. The van der Waals surface area contributed by atoms with Gasteiger partial charge in [-0.3, -0.25) is 4.68 Å². The predicted molar refractivity (Wildman–Crippen MR) is 124 cm³/mol. The number of hydrogen-bond donors (Lipinski definition) is 1. The van der Waals surface area contributed by atoms with Crippen molar-refractivity contribution in [2.45, 2.75) is 18.9 Å². The third kappa shape index (κ3) is 3.70. The van der Waals surface area contributed by atoms with Gasteiger partial charge in [0, 0.05) is 37.8 Å². The van der Waals surface area contributed by atoms with E-state index in [1.54, 1.807) is 25.5 Å². The molecule has 0 saturated carbocycles. The van der Waals surface area contributed by atoms with Crippen molar-refractivity contribution in [2.75, 3.05) is 39.2 Å². The van der Waals surface area contributed by atoms with E-state index in [1.807, 2.05) is 6.07 Å². The highest BCUT2D eigenvalue weighted by atomic mass is 19.1. The zero-order valence-electron chi connectivity index (χ0n) is 19.1. The van der Waals surface area contributed by atoms with Gasteiger partial charge in [0.05, 0.1) is 29.9 Å². The number of benzene rings is 1. The summed E-state index contributed by atoms with van der Waals surface area (Å²) in [5.41, 5.74) is 1.65. The summed E-state index contributed by atoms with van der Waals surface area (Å²) in [7, 11) is 7.45. The second-order valence-corrected chi connectivity index (χ2v) is 8.63. The lowest BCUT2D eigenvalue weighted by molar-refractivity contribution is 0.249. The Morgan fingerprint density at radius 2 is 1.94 bits per heavy atom. The highest BCUT2D eigenvalue weighted by molar-refractivity contribution is 5.90. The molecule has 9 nitrogen and oxygen atoms in total. The van der Waals surface area contributed by atoms with Gasteiger partial charge in [0.2, 0.25) is 5.88 Å². The van der Waals surface area contributed by atoms with Gasteiger partial charge in [0.25, 0.3) is 0 Å². The highest BCUT2D eigenvalue weighted by Gasteiger charge is 2.23. The number of rotatable bonds is 4. The maximum Gasteiger partial charge on any atom is 0.226 e. The molecule has 1 fully saturated rings. The number of phenols is 1. The molecule has 0 unspecified atom stereocenters. The van der Waals surface area contributed by atoms with Gasteiger partial charge in [-0.1, -0.05) is 0 Å². The number of fused-ring (bicyclic) bond motifs is 2. The normalized spacial score (nSPS) is 15.2. The Kier molecular flexibility index (Phi) is 5.24. The molecule has 0 aliphatic carbocycles. The van der Waals surface area contributed by atoms with E-state index in [0.29, 0.717) is 28.3 Å². The summed E-state index contributed by atoms with van der Waals surface area (Å²) in [5.74, 6) is -0.912. The van der Waals surface area contributed by atoms with Gasteiger partial charge in [-0.2, -0.15) is 10.1 Å². The topological polar surface area (TPSA) is 92.4 Å². The number of anilines is 1. The zero-order valence-corrected chi connectivity index (χ0v) is 19.1. The van der Waals surface area contributed by atoms with Gasteiger partial charge in [0.1, 0.15) is 5.52 Å². The van der Waals surface area contributed by atoms with Crippen molar-refractivity contribution in [3.05, 3.63) is 30.3 Å².